The zero-order chi connectivity index (χ0) is 13.9. The van der Waals surface area contributed by atoms with E-state index in [1.807, 2.05) is 18.2 Å². The van der Waals surface area contributed by atoms with Crippen LogP contribution in [-0.2, 0) is 11.3 Å². The van der Waals surface area contributed by atoms with E-state index in [4.69, 9.17) is 10.00 Å². The van der Waals surface area contributed by atoms with Gasteiger partial charge in [-0.15, -0.1) is 0 Å². The van der Waals surface area contributed by atoms with E-state index in [2.05, 4.69) is 27.3 Å². The van der Waals surface area contributed by atoms with Gasteiger partial charge in [-0.3, -0.25) is 4.79 Å². The minimum atomic E-state index is -0.806. The molecule has 0 aliphatic heterocycles. The molecule has 100 valence electrons. The van der Waals surface area contributed by atoms with E-state index in [1.54, 1.807) is 7.11 Å². The quantitative estimate of drug-likeness (QED) is 0.927. The molecule has 19 heavy (non-hydrogen) atoms. The van der Waals surface area contributed by atoms with Crippen LogP contribution in [0, 0.1) is 16.7 Å². The molecule has 1 amide bonds. The first kappa shape index (κ1) is 13.9. The molecule has 1 aliphatic rings. The van der Waals surface area contributed by atoms with Gasteiger partial charge in [0.05, 0.1) is 13.2 Å². The summed E-state index contributed by atoms with van der Waals surface area (Å²) in [7, 11) is 1.59. The molecule has 0 atom stereocenters. The normalized spacial score (nSPS) is 16.1. The van der Waals surface area contributed by atoms with Crippen molar-refractivity contribution in [3.63, 3.8) is 0 Å². The summed E-state index contributed by atoms with van der Waals surface area (Å²) >= 11 is 3.39. The Balaban J connectivity index is 2.05. The second-order valence-electron chi connectivity index (χ2n) is 4.69. The van der Waals surface area contributed by atoms with Crippen LogP contribution in [0.4, 0.5) is 0 Å². The molecule has 1 N–H and O–H groups in total. The lowest BCUT2D eigenvalue weighted by molar-refractivity contribution is -0.131. The first-order valence-corrected chi connectivity index (χ1v) is 6.92. The summed E-state index contributed by atoms with van der Waals surface area (Å²) in [6.45, 7) is 0.366. The Morgan fingerprint density at radius 3 is 2.84 bits per heavy atom. The molecule has 0 bridgehead atoms. The summed E-state index contributed by atoms with van der Waals surface area (Å²) in [5, 5.41) is 11.9. The molecule has 1 fully saturated rings. The van der Waals surface area contributed by atoms with Gasteiger partial charge >= 0.3 is 0 Å². The number of nitriles is 1. The molecular weight excluding hydrogens is 308 g/mol. The van der Waals surface area contributed by atoms with Gasteiger partial charge < -0.3 is 10.1 Å². The maximum absolute atomic E-state index is 12.1. The highest BCUT2D eigenvalue weighted by Gasteiger charge is 2.44. The van der Waals surface area contributed by atoms with Crippen molar-refractivity contribution < 1.29 is 9.53 Å². The Bertz CT molecular complexity index is 533. The van der Waals surface area contributed by atoms with Crippen molar-refractivity contribution >= 4 is 21.8 Å². The number of hydrogen-bond acceptors (Lipinski definition) is 3. The average Bonchev–Trinajstić information content (AvgIpc) is 2.36. The molecular formula is C14H15BrN2O2. The molecule has 1 saturated carbocycles. The number of rotatable bonds is 4. The van der Waals surface area contributed by atoms with Gasteiger partial charge in [-0.1, -0.05) is 15.9 Å². The Morgan fingerprint density at radius 1 is 1.58 bits per heavy atom. The molecule has 0 heterocycles. The SMILES string of the molecule is COc1ccc(Br)cc1CNC(=O)C1(C#N)CCC1. The molecule has 0 spiro atoms. The Morgan fingerprint density at radius 2 is 2.32 bits per heavy atom. The lowest BCUT2D eigenvalue weighted by Gasteiger charge is -2.33. The molecule has 1 aromatic rings. The van der Waals surface area contributed by atoms with E-state index in [-0.39, 0.29) is 5.91 Å². The van der Waals surface area contributed by atoms with Crippen LogP contribution in [0.15, 0.2) is 22.7 Å². The summed E-state index contributed by atoms with van der Waals surface area (Å²) in [6, 6.07) is 7.76. The van der Waals surface area contributed by atoms with E-state index >= 15 is 0 Å². The van der Waals surface area contributed by atoms with Crippen LogP contribution in [0.5, 0.6) is 5.75 Å². The van der Waals surface area contributed by atoms with Crippen LogP contribution in [0.1, 0.15) is 24.8 Å². The fourth-order valence-electron chi connectivity index (χ4n) is 2.15. The highest BCUT2D eigenvalue weighted by molar-refractivity contribution is 9.10. The third-order valence-electron chi connectivity index (χ3n) is 3.54. The van der Waals surface area contributed by atoms with Gasteiger partial charge in [0.2, 0.25) is 5.91 Å². The molecule has 0 saturated heterocycles. The zero-order valence-electron chi connectivity index (χ0n) is 10.7. The fourth-order valence-corrected chi connectivity index (χ4v) is 2.56. The van der Waals surface area contributed by atoms with E-state index in [1.165, 1.54) is 0 Å². The van der Waals surface area contributed by atoms with Crippen molar-refractivity contribution in [2.45, 2.75) is 25.8 Å². The van der Waals surface area contributed by atoms with Gasteiger partial charge in [-0.25, -0.2) is 0 Å². The van der Waals surface area contributed by atoms with Crippen molar-refractivity contribution in [3.05, 3.63) is 28.2 Å². The minimum Gasteiger partial charge on any atom is -0.496 e. The maximum atomic E-state index is 12.1. The largest absolute Gasteiger partial charge is 0.496 e. The van der Waals surface area contributed by atoms with Gasteiger partial charge in [-0.2, -0.15) is 5.26 Å². The summed E-state index contributed by atoms with van der Waals surface area (Å²) in [4.78, 5) is 12.1. The number of benzene rings is 1. The lowest BCUT2D eigenvalue weighted by Crippen LogP contribution is -2.44. The van der Waals surface area contributed by atoms with Gasteiger partial charge in [0.1, 0.15) is 11.2 Å². The maximum Gasteiger partial charge on any atom is 0.240 e. The Labute approximate surface area is 120 Å². The van der Waals surface area contributed by atoms with E-state index in [0.29, 0.717) is 19.4 Å². The van der Waals surface area contributed by atoms with Crippen molar-refractivity contribution in [3.8, 4) is 11.8 Å². The molecule has 4 nitrogen and oxygen atoms in total. The van der Waals surface area contributed by atoms with Gasteiger partial charge in [-0.05, 0) is 37.5 Å². The highest BCUT2D eigenvalue weighted by Crippen LogP contribution is 2.40. The standard InChI is InChI=1S/C14H15BrN2O2/c1-19-12-4-3-11(15)7-10(12)8-17-13(18)14(9-16)5-2-6-14/h3-4,7H,2,5-6,8H2,1H3,(H,17,18). The zero-order valence-corrected chi connectivity index (χ0v) is 12.3. The van der Waals surface area contributed by atoms with Gasteiger partial charge in [0, 0.05) is 16.6 Å². The predicted octanol–water partition coefficient (Wildman–Crippen LogP) is 2.77. The molecule has 0 aromatic heterocycles. The molecule has 0 unspecified atom stereocenters. The number of nitrogens with one attached hydrogen (secondary N) is 1. The topological polar surface area (TPSA) is 62.1 Å². The van der Waals surface area contributed by atoms with Gasteiger partial charge in [0.15, 0.2) is 0 Å². The lowest BCUT2D eigenvalue weighted by atomic mass is 9.69. The minimum absolute atomic E-state index is 0.178. The second kappa shape index (κ2) is 5.62. The number of ether oxygens (including phenoxy) is 1. The third kappa shape index (κ3) is 2.74. The number of carbonyl (C=O) groups excluding carboxylic acids is 1. The van der Waals surface area contributed by atoms with Gasteiger partial charge in [0.25, 0.3) is 0 Å². The smallest absolute Gasteiger partial charge is 0.240 e. The third-order valence-corrected chi connectivity index (χ3v) is 4.03. The molecule has 5 heteroatoms. The number of amides is 1. The number of carbonyl (C=O) groups is 1. The Kier molecular flexibility index (Phi) is 4.11. The van der Waals surface area contributed by atoms with E-state index in [9.17, 15) is 4.79 Å². The van der Waals surface area contributed by atoms with Crippen LogP contribution < -0.4 is 10.1 Å². The van der Waals surface area contributed by atoms with Crippen molar-refractivity contribution in [1.29, 1.82) is 5.26 Å². The van der Waals surface area contributed by atoms with Crippen LogP contribution in [0.2, 0.25) is 0 Å². The molecule has 1 aromatic carbocycles. The first-order chi connectivity index (χ1) is 9.11. The Hall–Kier alpha value is -1.54. The summed E-state index contributed by atoms with van der Waals surface area (Å²) in [5.74, 6) is 0.548. The number of nitrogens with zero attached hydrogens (tertiary/aromatic N) is 1. The summed E-state index contributed by atoms with van der Waals surface area (Å²) in [6.07, 6.45) is 2.26. The van der Waals surface area contributed by atoms with Crippen molar-refractivity contribution in [2.75, 3.05) is 7.11 Å². The monoisotopic (exact) mass is 322 g/mol. The van der Waals surface area contributed by atoms with E-state index < -0.39 is 5.41 Å². The molecule has 0 radical (unpaired) electrons. The predicted molar refractivity (Wildman–Crippen MR) is 74.4 cm³/mol. The van der Waals surface area contributed by atoms with Crippen molar-refractivity contribution in [1.82, 2.24) is 5.32 Å². The van der Waals surface area contributed by atoms with Crippen LogP contribution in [0.3, 0.4) is 0 Å². The number of methoxy groups -OCH3 is 1. The van der Waals surface area contributed by atoms with Crippen LogP contribution >= 0.6 is 15.9 Å². The molecule has 1 aliphatic carbocycles. The van der Waals surface area contributed by atoms with Crippen molar-refractivity contribution in [2.24, 2.45) is 5.41 Å². The second-order valence-corrected chi connectivity index (χ2v) is 5.60. The number of halogens is 1. The average molecular weight is 323 g/mol. The van der Waals surface area contributed by atoms with E-state index in [0.717, 1.165) is 22.2 Å². The number of hydrogen-bond donors (Lipinski definition) is 1. The highest BCUT2D eigenvalue weighted by atomic mass is 79.9. The fraction of sp³-hybridized carbons (Fsp3) is 0.429. The first-order valence-electron chi connectivity index (χ1n) is 6.13. The summed E-state index contributed by atoms with van der Waals surface area (Å²) in [5.41, 5.74) is 0.0804. The van der Waals surface area contributed by atoms with Crippen LogP contribution in [-0.4, -0.2) is 13.0 Å². The van der Waals surface area contributed by atoms with Crippen LogP contribution in [0.25, 0.3) is 0 Å². The summed E-state index contributed by atoms with van der Waals surface area (Å²) < 4.78 is 6.17. The molecule has 2 rings (SSSR count).